The fourth-order valence-electron chi connectivity index (χ4n) is 0.448. The third-order valence-corrected chi connectivity index (χ3v) is 0.838. The molecule has 10 heavy (non-hydrogen) atoms. The Hall–Kier alpha value is -0.760. The first-order valence-corrected chi connectivity index (χ1v) is 2.76. The molecule has 0 aromatic heterocycles. The molecule has 0 aliphatic heterocycles. The fourth-order valence-corrected chi connectivity index (χ4v) is 0.448. The number of hydroxylamine groups is 2. The topological polar surface area (TPSA) is 96.8 Å². The standard InChI is InChI=1S/C3H12N6O/c1-5-9(7-6-4)3-8(2)10/h8-9H,3H2,1-2H3,(H2,4,7). The van der Waals surface area contributed by atoms with Crippen LogP contribution in [0, 0.1) is 5.21 Å². The Labute approximate surface area is 59.0 Å². The van der Waals surface area contributed by atoms with Crippen molar-refractivity contribution in [3.63, 3.8) is 0 Å². The molecular weight excluding hydrogens is 136 g/mol. The number of nitrogens with zero attached hydrogens (tertiary/aromatic N) is 3. The third kappa shape index (κ3) is 4.15. The lowest BCUT2D eigenvalue weighted by Gasteiger charge is -2.24. The van der Waals surface area contributed by atoms with Gasteiger partial charge in [0, 0.05) is 5.22 Å². The largest absolute Gasteiger partial charge is 0.630 e. The zero-order valence-corrected chi connectivity index (χ0v) is 6.03. The van der Waals surface area contributed by atoms with Crippen molar-refractivity contribution >= 4 is 0 Å². The van der Waals surface area contributed by atoms with E-state index < -0.39 is 0 Å². The van der Waals surface area contributed by atoms with Crippen LogP contribution in [0.15, 0.2) is 10.4 Å². The second-order valence-electron chi connectivity index (χ2n) is 1.73. The second kappa shape index (κ2) is 5.06. The molecule has 0 saturated heterocycles. The van der Waals surface area contributed by atoms with Gasteiger partial charge in [-0.2, -0.15) is 0 Å². The van der Waals surface area contributed by atoms with E-state index in [1.54, 1.807) is 0 Å². The molecule has 0 radical (unpaired) electrons. The summed E-state index contributed by atoms with van der Waals surface area (Å²) in [6.07, 6.45) is 0. The highest BCUT2D eigenvalue weighted by Crippen LogP contribution is 1.54. The molecule has 0 heterocycles. The van der Waals surface area contributed by atoms with E-state index in [0.717, 1.165) is 0 Å². The van der Waals surface area contributed by atoms with Crippen LogP contribution >= 0.6 is 0 Å². The molecule has 7 nitrogen and oxygen atoms in total. The van der Waals surface area contributed by atoms with Crippen LogP contribution in [0.1, 0.15) is 0 Å². The molecule has 0 aromatic carbocycles. The molecule has 2 atom stereocenters. The number of nitrogens with one attached hydrogen (secondary N) is 2. The quantitative estimate of drug-likeness (QED) is 0.171. The van der Waals surface area contributed by atoms with Crippen LogP contribution in [0.5, 0.6) is 0 Å². The maximum absolute atomic E-state index is 10.5. The summed E-state index contributed by atoms with van der Waals surface area (Å²) in [5, 5.41) is 17.2. The van der Waals surface area contributed by atoms with E-state index in [1.807, 2.05) is 0 Å². The average Bonchev–Trinajstić information content (AvgIpc) is 1.86. The van der Waals surface area contributed by atoms with Gasteiger partial charge in [0.25, 0.3) is 0 Å². The Kier molecular flexibility index (Phi) is 4.67. The summed E-state index contributed by atoms with van der Waals surface area (Å²) < 4.78 is 0. The zero-order valence-electron chi connectivity index (χ0n) is 6.03. The predicted octanol–water partition coefficient (Wildman–Crippen LogP) is -3.00. The van der Waals surface area contributed by atoms with E-state index in [1.165, 1.54) is 14.1 Å². The highest BCUT2D eigenvalue weighted by molar-refractivity contribution is 4.34. The van der Waals surface area contributed by atoms with Crippen LogP contribution in [0.2, 0.25) is 0 Å². The monoisotopic (exact) mass is 148 g/mol. The summed E-state index contributed by atoms with van der Waals surface area (Å²) in [4.78, 5) is 0. The molecule has 0 aliphatic rings. The predicted molar refractivity (Wildman–Crippen MR) is 34.4 cm³/mol. The maximum atomic E-state index is 10.5. The van der Waals surface area contributed by atoms with E-state index in [9.17, 15) is 5.21 Å². The van der Waals surface area contributed by atoms with Crippen LogP contribution in [0.4, 0.5) is 0 Å². The van der Waals surface area contributed by atoms with Crippen LogP contribution in [-0.4, -0.2) is 20.8 Å². The molecule has 0 aromatic rings. The van der Waals surface area contributed by atoms with Crippen LogP contribution in [-0.2, 0) is 0 Å². The van der Waals surface area contributed by atoms with Gasteiger partial charge < -0.3 is 21.5 Å². The molecule has 4 N–H and O–H groups in total. The maximum Gasteiger partial charge on any atom is 0.220 e. The minimum Gasteiger partial charge on any atom is -0.630 e. The lowest BCUT2D eigenvalue weighted by Crippen LogP contribution is -3.24. The van der Waals surface area contributed by atoms with Gasteiger partial charge in [-0.05, 0) is 5.22 Å². The van der Waals surface area contributed by atoms with Gasteiger partial charge in [0.1, 0.15) is 0 Å². The molecule has 0 saturated carbocycles. The van der Waals surface area contributed by atoms with E-state index in [-0.39, 0.29) is 11.7 Å². The smallest absolute Gasteiger partial charge is 0.220 e. The summed E-state index contributed by atoms with van der Waals surface area (Å²) >= 11 is 0. The van der Waals surface area contributed by atoms with Crippen molar-refractivity contribution in [2.75, 3.05) is 20.8 Å². The number of hydrogen-bond donors (Lipinski definition) is 3. The van der Waals surface area contributed by atoms with Crippen molar-refractivity contribution in [2.45, 2.75) is 0 Å². The number of rotatable bonds is 4. The molecule has 0 aliphatic carbocycles. The molecule has 2 unspecified atom stereocenters. The number of hydrogen-bond acceptors (Lipinski definition) is 3. The van der Waals surface area contributed by atoms with Crippen LogP contribution in [0.25, 0.3) is 5.43 Å². The third-order valence-electron chi connectivity index (χ3n) is 0.838. The Morgan fingerprint density at radius 1 is 1.70 bits per heavy atom. The Bertz CT molecular complexity index is 103. The van der Waals surface area contributed by atoms with Crippen molar-refractivity contribution in [3.8, 4) is 0 Å². The molecule has 0 amide bonds. The lowest BCUT2D eigenvalue weighted by molar-refractivity contribution is -1.04. The van der Waals surface area contributed by atoms with Gasteiger partial charge in [-0.25, -0.2) is 5.12 Å². The average molecular weight is 148 g/mol. The first kappa shape index (κ1) is 9.24. The van der Waals surface area contributed by atoms with Gasteiger partial charge in [-0.3, -0.25) is 0 Å². The van der Waals surface area contributed by atoms with E-state index in [0.29, 0.717) is 5.12 Å². The van der Waals surface area contributed by atoms with Gasteiger partial charge in [0.05, 0.1) is 7.05 Å². The molecule has 60 valence electrons. The summed E-state index contributed by atoms with van der Waals surface area (Å²) in [5.74, 6) is 4.75. The minimum absolute atomic E-state index is 0.00648. The molecule has 0 rings (SSSR count). The molecular formula is C3H12N6O. The van der Waals surface area contributed by atoms with Gasteiger partial charge in [-0.15, -0.1) is 7.05 Å². The summed E-state index contributed by atoms with van der Waals surface area (Å²) in [7, 11) is 2.99. The summed E-state index contributed by atoms with van der Waals surface area (Å²) in [6.45, 7) is 0.192. The Balaban J connectivity index is 3.60. The van der Waals surface area contributed by atoms with Gasteiger partial charge in [0.2, 0.25) is 6.67 Å². The van der Waals surface area contributed by atoms with Crippen molar-refractivity contribution in [1.82, 2.24) is 0 Å². The number of quaternary nitrogens is 2. The highest BCUT2D eigenvalue weighted by atomic mass is 16.5. The number of nitrogens with two attached hydrogens (primary N) is 1. The van der Waals surface area contributed by atoms with Gasteiger partial charge in [-0.1, -0.05) is 0 Å². The van der Waals surface area contributed by atoms with Crippen LogP contribution < -0.4 is 16.0 Å². The lowest BCUT2D eigenvalue weighted by atomic mass is 11.0. The summed E-state index contributed by atoms with van der Waals surface area (Å²) in [5.41, 5.74) is 3.67. The van der Waals surface area contributed by atoms with Crippen LogP contribution in [0.3, 0.4) is 0 Å². The van der Waals surface area contributed by atoms with Crippen molar-refractivity contribution in [2.24, 2.45) is 16.3 Å². The first-order chi connectivity index (χ1) is 4.70. The van der Waals surface area contributed by atoms with Gasteiger partial charge in [0.15, 0.2) is 0 Å². The van der Waals surface area contributed by atoms with Crippen molar-refractivity contribution in [3.05, 3.63) is 10.6 Å². The van der Waals surface area contributed by atoms with Crippen molar-refractivity contribution in [1.29, 1.82) is 0 Å². The molecule has 0 spiro atoms. The van der Waals surface area contributed by atoms with Gasteiger partial charge >= 0.3 is 0 Å². The fraction of sp³-hybridized carbons (Fsp3) is 1.00. The van der Waals surface area contributed by atoms with Crippen molar-refractivity contribution < 1.29 is 10.2 Å². The molecule has 7 heteroatoms. The SMILES string of the molecule is C[N-][NH+](C[NH+](C)[O-])/N=N\N. The second-order valence-corrected chi connectivity index (χ2v) is 1.73. The van der Waals surface area contributed by atoms with E-state index >= 15 is 0 Å². The Morgan fingerprint density at radius 2 is 2.30 bits per heavy atom. The molecule has 0 bridgehead atoms. The zero-order chi connectivity index (χ0) is 7.98. The summed E-state index contributed by atoms with van der Waals surface area (Å²) in [6, 6.07) is 0. The Morgan fingerprint density at radius 3 is 2.60 bits per heavy atom. The first-order valence-electron chi connectivity index (χ1n) is 2.76. The van der Waals surface area contributed by atoms with E-state index in [2.05, 4.69) is 15.9 Å². The highest BCUT2D eigenvalue weighted by Gasteiger charge is 1.96. The normalized spacial score (nSPS) is 17.5. The van der Waals surface area contributed by atoms with E-state index in [4.69, 9.17) is 5.84 Å². The molecule has 0 fully saturated rings. The minimum atomic E-state index is -0.00648.